The second kappa shape index (κ2) is 4.52. The van der Waals surface area contributed by atoms with Gasteiger partial charge in [-0.05, 0) is 29.5 Å². The Balaban J connectivity index is 2.39. The standard InChI is InChI=1S/C13H16FNS/c1-3-8(2)13(15)12-6-9-4-5-10(14)7-11(9)16-12/h4-8,13H,3,15H2,1-2H3. The lowest BCUT2D eigenvalue weighted by Gasteiger charge is -2.16. The first-order chi connectivity index (χ1) is 7.61. The van der Waals surface area contributed by atoms with Gasteiger partial charge in [0.2, 0.25) is 0 Å². The van der Waals surface area contributed by atoms with Crippen molar-refractivity contribution in [1.82, 2.24) is 0 Å². The smallest absolute Gasteiger partial charge is 0.124 e. The van der Waals surface area contributed by atoms with Crippen molar-refractivity contribution in [2.45, 2.75) is 26.3 Å². The molecular weight excluding hydrogens is 221 g/mol. The van der Waals surface area contributed by atoms with E-state index in [2.05, 4.69) is 19.9 Å². The zero-order valence-corrected chi connectivity index (χ0v) is 10.4. The zero-order chi connectivity index (χ0) is 11.7. The van der Waals surface area contributed by atoms with E-state index in [-0.39, 0.29) is 11.9 Å². The molecule has 2 atom stereocenters. The molecule has 0 fully saturated rings. The molecule has 2 aromatic rings. The quantitative estimate of drug-likeness (QED) is 0.855. The van der Waals surface area contributed by atoms with E-state index in [4.69, 9.17) is 5.73 Å². The highest BCUT2D eigenvalue weighted by Crippen LogP contribution is 2.33. The van der Waals surface area contributed by atoms with Crippen molar-refractivity contribution in [2.24, 2.45) is 11.7 Å². The van der Waals surface area contributed by atoms with E-state index in [1.807, 2.05) is 6.07 Å². The number of halogens is 1. The highest BCUT2D eigenvalue weighted by atomic mass is 32.1. The van der Waals surface area contributed by atoms with Crippen LogP contribution in [0.25, 0.3) is 10.1 Å². The topological polar surface area (TPSA) is 26.0 Å². The summed E-state index contributed by atoms with van der Waals surface area (Å²) in [4.78, 5) is 1.15. The number of fused-ring (bicyclic) bond motifs is 1. The summed E-state index contributed by atoms with van der Waals surface area (Å²) >= 11 is 1.60. The SMILES string of the molecule is CCC(C)C(N)c1cc2ccc(F)cc2s1. The van der Waals surface area contributed by atoms with Crippen LogP contribution in [0.5, 0.6) is 0 Å². The number of benzene rings is 1. The Morgan fingerprint density at radius 2 is 2.12 bits per heavy atom. The molecule has 2 rings (SSSR count). The second-order valence-electron chi connectivity index (χ2n) is 4.24. The molecular formula is C13H16FNS. The normalized spacial score (nSPS) is 15.2. The van der Waals surface area contributed by atoms with Crippen LogP contribution in [0.4, 0.5) is 4.39 Å². The van der Waals surface area contributed by atoms with Crippen molar-refractivity contribution < 1.29 is 4.39 Å². The Labute approximate surface area is 99.1 Å². The monoisotopic (exact) mass is 237 g/mol. The lowest BCUT2D eigenvalue weighted by atomic mass is 9.98. The molecule has 86 valence electrons. The van der Waals surface area contributed by atoms with Crippen LogP contribution in [0.2, 0.25) is 0 Å². The lowest BCUT2D eigenvalue weighted by Crippen LogP contribution is -2.16. The van der Waals surface area contributed by atoms with Crippen LogP contribution in [0.1, 0.15) is 31.2 Å². The van der Waals surface area contributed by atoms with Crippen LogP contribution < -0.4 is 5.73 Å². The minimum absolute atomic E-state index is 0.0606. The molecule has 2 N–H and O–H groups in total. The number of thiophene rings is 1. The Morgan fingerprint density at radius 3 is 2.81 bits per heavy atom. The van der Waals surface area contributed by atoms with E-state index < -0.39 is 0 Å². The first-order valence-electron chi connectivity index (χ1n) is 5.56. The molecule has 0 amide bonds. The van der Waals surface area contributed by atoms with Gasteiger partial charge in [-0.25, -0.2) is 4.39 Å². The maximum Gasteiger partial charge on any atom is 0.124 e. The molecule has 0 spiro atoms. The number of nitrogens with two attached hydrogens (primary N) is 1. The van der Waals surface area contributed by atoms with Gasteiger partial charge in [0.05, 0.1) is 0 Å². The molecule has 3 heteroatoms. The van der Waals surface area contributed by atoms with Gasteiger partial charge in [0.1, 0.15) is 5.82 Å². The maximum atomic E-state index is 13.0. The minimum atomic E-state index is -0.182. The van der Waals surface area contributed by atoms with Crippen LogP contribution >= 0.6 is 11.3 Å². The van der Waals surface area contributed by atoms with Gasteiger partial charge in [0.15, 0.2) is 0 Å². The molecule has 1 aromatic heterocycles. The maximum absolute atomic E-state index is 13.0. The molecule has 1 heterocycles. The number of hydrogen-bond acceptors (Lipinski definition) is 2. The Morgan fingerprint density at radius 1 is 1.38 bits per heavy atom. The van der Waals surface area contributed by atoms with Gasteiger partial charge in [-0.2, -0.15) is 0 Å². The summed E-state index contributed by atoms with van der Waals surface area (Å²) in [6.45, 7) is 4.28. The predicted molar refractivity (Wildman–Crippen MR) is 68.2 cm³/mol. The number of hydrogen-bond donors (Lipinski definition) is 1. The van der Waals surface area contributed by atoms with Crippen molar-refractivity contribution in [3.05, 3.63) is 35.0 Å². The fourth-order valence-corrected chi connectivity index (χ4v) is 2.95. The van der Waals surface area contributed by atoms with Crippen LogP contribution in [-0.4, -0.2) is 0 Å². The van der Waals surface area contributed by atoms with E-state index in [0.717, 1.165) is 21.4 Å². The molecule has 0 aliphatic carbocycles. The molecule has 0 aliphatic heterocycles. The van der Waals surface area contributed by atoms with Crippen molar-refractivity contribution >= 4 is 21.4 Å². The van der Waals surface area contributed by atoms with E-state index >= 15 is 0 Å². The average Bonchev–Trinajstić information content (AvgIpc) is 2.69. The zero-order valence-electron chi connectivity index (χ0n) is 9.53. The van der Waals surface area contributed by atoms with Crippen LogP contribution in [-0.2, 0) is 0 Å². The van der Waals surface area contributed by atoms with E-state index in [9.17, 15) is 4.39 Å². The molecule has 0 saturated carbocycles. The molecule has 1 nitrogen and oxygen atoms in total. The first-order valence-corrected chi connectivity index (χ1v) is 6.38. The molecule has 16 heavy (non-hydrogen) atoms. The highest BCUT2D eigenvalue weighted by molar-refractivity contribution is 7.19. The molecule has 1 aromatic carbocycles. The van der Waals surface area contributed by atoms with Gasteiger partial charge in [-0.15, -0.1) is 11.3 Å². The van der Waals surface area contributed by atoms with Gasteiger partial charge in [0, 0.05) is 15.6 Å². The van der Waals surface area contributed by atoms with Gasteiger partial charge in [0.25, 0.3) is 0 Å². The average molecular weight is 237 g/mol. The van der Waals surface area contributed by atoms with Crippen LogP contribution in [0.15, 0.2) is 24.3 Å². The Bertz CT molecular complexity index is 492. The fraction of sp³-hybridized carbons (Fsp3) is 0.385. The summed E-state index contributed by atoms with van der Waals surface area (Å²) in [6, 6.07) is 7.02. The predicted octanol–water partition coefficient (Wildman–Crippen LogP) is 4.09. The first kappa shape index (κ1) is 11.6. The summed E-state index contributed by atoms with van der Waals surface area (Å²) < 4.78 is 14.0. The van der Waals surface area contributed by atoms with Crippen molar-refractivity contribution in [3.8, 4) is 0 Å². The third-order valence-corrected chi connectivity index (χ3v) is 4.29. The van der Waals surface area contributed by atoms with E-state index in [1.54, 1.807) is 17.4 Å². The summed E-state index contributed by atoms with van der Waals surface area (Å²) in [7, 11) is 0. The number of rotatable bonds is 3. The summed E-state index contributed by atoms with van der Waals surface area (Å²) in [5.41, 5.74) is 6.17. The van der Waals surface area contributed by atoms with Crippen LogP contribution in [0, 0.1) is 11.7 Å². The van der Waals surface area contributed by atoms with E-state index in [0.29, 0.717) is 5.92 Å². The third-order valence-electron chi connectivity index (χ3n) is 3.09. The van der Waals surface area contributed by atoms with Crippen LogP contribution in [0.3, 0.4) is 0 Å². The molecule has 0 saturated heterocycles. The minimum Gasteiger partial charge on any atom is -0.323 e. The third kappa shape index (κ3) is 2.11. The van der Waals surface area contributed by atoms with Gasteiger partial charge in [-0.3, -0.25) is 0 Å². The largest absolute Gasteiger partial charge is 0.323 e. The summed E-state index contributed by atoms with van der Waals surface area (Å²) in [5, 5.41) is 1.08. The summed E-state index contributed by atoms with van der Waals surface area (Å²) in [5.74, 6) is 0.274. The lowest BCUT2D eigenvalue weighted by molar-refractivity contribution is 0.462. The van der Waals surface area contributed by atoms with Gasteiger partial charge < -0.3 is 5.73 Å². The molecule has 0 bridgehead atoms. The molecule has 2 unspecified atom stereocenters. The van der Waals surface area contributed by atoms with Gasteiger partial charge in [-0.1, -0.05) is 26.3 Å². The summed E-state index contributed by atoms with van der Waals surface area (Å²) in [6.07, 6.45) is 1.06. The molecule has 0 radical (unpaired) electrons. The van der Waals surface area contributed by atoms with Crippen molar-refractivity contribution in [1.29, 1.82) is 0 Å². The van der Waals surface area contributed by atoms with Crippen molar-refractivity contribution in [2.75, 3.05) is 0 Å². The van der Waals surface area contributed by atoms with Crippen molar-refractivity contribution in [3.63, 3.8) is 0 Å². The fourth-order valence-electron chi connectivity index (χ4n) is 1.72. The molecule has 0 aliphatic rings. The van der Waals surface area contributed by atoms with E-state index in [1.165, 1.54) is 6.07 Å². The highest BCUT2D eigenvalue weighted by Gasteiger charge is 2.15. The Hall–Kier alpha value is -0.930. The van der Waals surface area contributed by atoms with Gasteiger partial charge >= 0.3 is 0 Å². The Kier molecular flexibility index (Phi) is 3.26. The second-order valence-corrected chi connectivity index (χ2v) is 5.36.